The largest absolute Gasteiger partial charge is 0.507 e. The van der Waals surface area contributed by atoms with Gasteiger partial charge in [-0.1, -0.05) is 53.7 Å². The summed E-state index contributed by atoms with van der Waals surface area (Å²) in [4.78, 5) is 27.0. The van der Waals surface area contributed by atoms with Gasteiger partial charge in [0.2, 0.25) is 5.91 Å². The predicted octanol–water partition coefficient (Wildman–Crippen LogP) is 3.85. The molecule has 0 bridgehead atoms. The first kappa shape index (κ1) is 31.2. The van der Waals surface area contributed by atoms with Crippen LogP contribution in [0.4, 0.5) is 4.79 Å². The minimum absolute atomic E-state index is 0.130. The Morgan fingerprint density at radius 3 is 1.95 bits per heavy atom. The van der Waals surface area contributed by atoms with Crippen molar-refractivity contribution in [3.8, 4) is 5.75 Å². The Bertz CT molecular complexity index is 1060. The Kier molecular flexibility index (Phi) is 7.96. The van der Waals surface area contributed by atoms with Crippen LogP contribution in [0, 0.1) is 0 Å². The Hall–Kier alpha value is -2.32. The van der Waals surface area contributed by atoms with Crippen molar-refractivity contribution in [2.45, 2.75) is 135 Å². The van der Waals surface area contributed by atoms with E-state index in [0.717, 1.165) is 16.7 Å². The highest BCUT2D eigenvalue weighted by Gasteiger charge is 2.68. The second-order valence-corrected chi connectivity index (χ2v) is 15.4. The van der Waals surface area contributed by atoms with Crippen LogP contribution in [0.1, 0.15) is 112 Å². The Labute approximate surface area is 234 Å². The molecular formula is C31H52N3O5+. The van der Waals surface area contributed by atoms with Gasteiger partial charge in [-0.05, 0) is 68.6 Å². The minimum Gasteiger partial charge on any atom is -0.507 e. The number of piperidine rings is 1. The van der Waals surface area contributed by atoms with Crippen LogP contribution in [0.5, 0.6) is 5.75 Å². The van der Waals surface area contributed by atoms with Crippen LogP contribution >= 0.6 is 0 Å². The summed E-state index contributed by atoms with van der Waals surface area (Å²) < 4.78 is 5.92. The SMILES string of the molecule is CC1(C)CC2(CC(C)(C)[NH2+]1)OC(=O)N(CCNC(=O)CCc1cc(C(C)(C)C)c(O)c(C(C)(C)C)c1)[C@@]2(C)O. The molecule has 1 aromatic rings. The summed E-state index contributed by atoms with van der Waals surface area (Å²) in [6.45, 7) is 22.9. The molecule has 0 aromatic heterocycles. The van der Waals surface area contributed by atoms with Gasteiger partial charge in [-0.25, -0.2) is 4.79 Å². The second kappa shape index (κ2) is 9.95. The number of aryl methyl sites for hydroxylation is 1. The maximum atomic E-state index is 12.9. The number of benzene rings is 1. The number of hydrogen-bond donors (Lipinski definition) is 4. The highest BCUT2D eigenvalue weighted by atomic mass is 16.6. The van der Waals surface area contributed by atoms with E-state index in [2.05, 4.69) is 79.9 Å². The monoisotopic (exact) mass is 546 g/mol. The molecule has 39 heavy (non-hydrogen) atoms. The topological polar surface area (TPSA) is 116 Å². The van der Waals surface area contributed by atoms with Gasteiger partial charge in [0.05, 0.1) is 11.1 Å². The van der Waals surface area contributed by atoms with Gasteiger partial charge in [0.25, 0.3) is 0 Å². The number of nitrogens with zero attached hydrogens (tertiary/aromatic N) is 1. The van der Waals surface area contributed by atoms with Gasteiger partial charge in [0.1, 0.15) is 5.75 Å². The van der Waals surface area contributed by atoms with Gasteiger partial charge in [0, 0.05) is 32.4 Å². The Morgan fingerprint density at radius 1 is 1.00 bits per heavy atom. The van der Waals surface area contributed by atoms with Crippen LogP contribution < -0.4 is 10.6 Å². The van der Waals surface area contributed by atoms with E-state index in [0.29, 0.717) is 25.0 Å². The molecule has 0 saturated carbocycles. The number of nitrogens with two attached hydrogens (primary N) is 1. The van der Waals surface area contributed by atoms with E-state index in [9.17, 15) is 19.8 Å². The van der Waals surface area contributed by atoms with E-state index < -0.39 is 17.4 Å². The molecule has 220 valence electrons. The third-order valence-electron chi connectivity index (χ3n) is 8.24. The molecule has 8 nitrogen and oxygen atoms in total. The van der Waals surface area contributed by atoms with Crippen LogP contribution in [0.2, 0.25) is 0 Å². The van der Waals surface area contributed by atoms with Gasteiger partial charge in [-0.15, -0.1) is 0 Å². The van der Waals surface area contributed by atoms with Crippen molar-refractivity contribution in [3.05, 3.63) is 28.8 Å². The smallest absolute Gasteiger partial charge is 0.412 e. The maximum absolute atomic E-state index is 12.9. The van der Waals surface area contributed by atoms with E-state index in [1.165, 1.54) is 4.90 Å². The van der Waals surface area contributed by atoms with Gasteiger partial charge in [-0.2, -0.15) is 0 Å². The van der Waals surface area contributed by atoms with Crippen molar-refractivity contribution in [3.63, 3.8) is 0 Å². The van der Waals surface area contributed by atoms with E-state index in [1.54, 1.807) is 6.92 Å². The van der Waals surface area contributed by atoms with Gasteiger partial charge >= 0.3 is 6.09 Å². The molecule has 0 unspecified atom stereocenters. The maximum Gasteiger partial charge on any atom is 0.412 e. The van der Waals surface area contributed by atoms with Gasteiger partial charge < -0.3 is 25.6 Å². The first-order chi connectivity index (χ1) is 17.5. The van der Waals surface area contributed by atoms with Crippen molar-refractivity contribution in [2.75, 3.05) is 13.1 Å². The lowest BCUT2D eigenvalue weighted by atomic mass is 9.68. The zero-order valence-electron chi connectivity index (χ0n) is 26.0. The second-order valence-electron chi connectivity index (χ2n) is 15.4. The van der Waals surface area contributed by atoms with E-state index in [4.69, 9.17) is 4.74 Å². The molecule has 2 aliphatic rings. The predicted molar refractivity (Wildman–Crippen MR) is 153 cm³/mol. The summed E-state index contributed by atoms with van der Waals surface area (Å²) in [5.41, 5.74) is -0.620. The molecular weight excluding hydrogens is 494 g/mol. The Balaban J connectivity index is 1.65. The molecule has 2 saturated heterocycles. The number of aromatic hydroxyl groups is 1. The fourth-order valence-electron chi connectivity index (χ4n) is 6.79. The summed E-state index contributed by atoms with van der Waals surface area (Å²) in [5, 5.41) is 27.8. The number of ether oxygens (including phenoxy) is 1. The van der Waals surface area contributed by atoms with E-state index in [1.807, 2.05) is 12.1 Å². The lowest BCUT2D eigenvalue weighted by Gasteiger charge is -2.51. The number of phenols is 1. The standard InChI is InChI=1S/C31H51N3O5/c1-26(2,3)21-16-20(17-22(24(21)36)27(4,5)6)12-13-23(35)32-14-15-34-25(37)39-31(30(34,11)38)18-28(7,8)33-29(9,10)19-31/h16-17,33,36,38H,12-15,18-19H2,1-11H3,(H,32,35)/p+1/t30-/m0/s1. The molecule has 0 aliphatic carbocycles. The summed E-state index contributed by atoms with van der Waals surface area (Å²) in [5.74, 6) is 0.197. The zero-order valence-corrected chi connectivity index (χ0v) is 26.0. The number of carbonyl (C=O) groups is 2. The molecule has 2 amide bonds. The molecule has 2 aliphatic heterocycles. The number of carbonyl (C=O) groups excluding carboxylic acids is 2. The molecule has 0 radical (unpaired) electrons. The summed E-state index contributed by atoms with van der Waals surface area (Å²) in [6.07, 6.45) is 1.33. The van der Waals surface area contributed by atoms with Crippen molar-refractivity contribution in [2.24, 2.45) is 0 Å². The van der Waals surface area contributed by atoms with Crippen LogP contribution in [0.25, 0.3) is 0 Å². The molecule has 3 rings (SSSR count). The number of phenolic OH excluding ortho intramolecular Hbond substituents is 1. The molecule has 8 heteroatoms. The fourth-order valence-corrected chi connectivity index (χ4v) is 6.79. The third kappa shape index (κ3) is 6.54. The Morgan fingerprint density at radius 2 is 1.49 bits per heavy atom. The first-order valence-corrected chi connectivity index (χ1v) is 14.2. The highest BCUT2D eigenvalue weighted by molar-refractivity contribution is 5.76. The first-order valence-electron chi connectivity index (χ1n) is 14.2. The summed E-state index contributed by atoms with van der Waals surface area (Å²) >= 11 is 0. The number of amides is 2. The number of quaternary nitrogens is 1. The van der Waals surface area contributed by atoms with Crippen molar-refractivity contribution in [1.82, 2.24) is 10.2 Å². The van der Waals surface area contributed by atoms with E-state index >= 15 is 0 Å². The van der Waals surface area contributed by atoms with Gasteiger partial charge in [-0.3, -0.25) is 9.69 Å². The molecule has 1 spiro atoms. The number of aliphatic hydroxyl groups is 1. The van der Waals surface area contributed by atoms with Crippen LogP contribution in [-0.2, 0) is 26.8 Å². The van der Waals surface area contributed by atoms with Crippen molar-refractivity contribution in [1.29, 1.82) is 0 Å². The molecule has 2 heterocycles. The summed E-state index contributed by atoms with van der Waals surface area (Å²) in [7, 11) is 0. The average molecular weight is 547 g/mol. The lowest BCUT2D eigenvalue weighted by Crippen LogP contribution is -3.07. The number of rotatable bonds is 6. The van der Waals surface area contributed by atoms with Crippen molar-refractivity contribution < 1.29 is 29.9 Å². The highest BCUT2D eigenvalue weighted by Crippen LogP contribution is 2.48. The van der Waals surface area contributed by atoms with Gasteiger partial charge in [0.15, 0.2) is 11.3 Å². The fraction of sp³-hybridized carbons (Fsp3) is 0.742. The lowest BCUT2D eigenvalue weighted by molar-refractivity contribution is -0.793. The average Bonchev–Trinajstić information content (AvgIpc) is 2.87. The number of hydrogen-bond acceptors (Lipinski definition) is 5. The summed E-state index contributed by atoms with van der Waals surface area (Å²) in [6, 6.07) is 4.00. The van der Waals surface area contributed by atoms with Crippen molar-refractivity contribution >= 4 is 12.0 Å². The molecule has 1 aromatic carbocycles. The number of nitrogens with one attached hydrogen (secondary N) is 1. The third-order valence-corrected chi connectivity index (χ3v) is 8.24. The van der Waals surface area contributed by atoms with Crippen LogP contribution in [0.15, 0.2) is 12.1 Å². The van der Waals surface area contributed by atoms with Crippen LogP contribution in [0.3, 0.4) is 0 Å². The molecule has 1 atom stereocenters. The normalized spacial score (nSPS) is 24.1. The van der Waals surface area contributed by atoms with E-state index in [-0.39, 0.29) is 47.3 Å². The minimum atomic E-state index is -1.49. The molecule has 2 fully saturated rings. The quantitative estimate of drug-likeness (QED) is 0.433. The van der Waals surface area contributed by atoms with Crippen LogP contribution in [-0.4, -0.2) is 62.6 Å². The molecule has 5 N–H and O–H groups in total. The zero-order chi connectivity index (χ0) is 29.8.